The molecule has 1 aliphatic rings. The van der Waals surface area contributed by atoms with E-state index < -0.39 is 29.2 Å². The van der Waals surface area contributed by atoms with E-state index in [1.807, 2.05) is 0 Å². The van der Waals surface area contributed by atoms with Crippen LogP contribution in [0.15, 0.2) is 64.3 Å². The first kappa shape index (κ1) is 24.9. The number of pyridine rings is 1. The standard InChI is InChI=1S/C27H23FN4O6/c28-17-11-23-24(29-13-17)31(20-3-1-2-15(10-20)22-12-21(34)9-4-16(22)14-33)27(38)32(25(23)35)19-7-5-18(6-8-19)30-26(36)37/h1-4,9-14,18-19,30,34H,5-8H2,(H,36,37)/t18-,19+. The van der Waals surface area contributed by atoms with E-state index in [4.69, 9.17) is 5.11 Å². The number of carboxylic acid groups (broad SMARTS) is 1. The number of amides is 1. The van der Waals surface area contributed by atoms with Gasteiger partial charge in [-0.25, -0.2) is 23.5 Å². The van der Waals surface area contributed by atoms with Crippen LogP contribution in [0.1, 0.15) is 42.1 Å². The average molecular weight is 519 g/mol. The third-order valence-corrected chi connectivity index (χ3v) is 6.86. The molecule has 0 radical (unpaired) electrons. The summed E-state index contributed by atoms with van der Waals surface area (Å²) in [6.45, 7) is 0. The van der Waals surface area contributed by atoms with Gasteiger partial charge in [0.15, 0.2) is 11.9 Å². The molecule has 0 unspecified atom stereocenters. The van der Waals surface area contributed by atoms with Crippen LogP contribution in [0.3, 0.4) is 0 Å². The molecule has 1 saturated carbocycles. The molecule has 1 fully saturated rings. The molecule has 194 valence electrons. The van der Waals surface area contributed by atoms with E-state index in [0.717, 1.165) is 16.8 Å². The van der Waals surface area contributed by atoms with Crippen LogP contribution < -0.4 is 16.6 Å². The fraction of sp³-hybridized carbons (Fsp3) is 0.222. The summed E-state index contributed by atoms with van der Waals surface area (Å²) < 4.78 is 16.5. The van der Waals surface area contributed by atoms with Crippen molar-refractivity contribution in [2.24, 2.45) is 0 Å². The molecule has 0 aliphatic heterocycles. The number of hydrogen-bond acceptors (Lipinski definition) is 6. The molecular weight excluding hydrogens is 495 g/mol. The fourth-order valence-electron chi connectivity index (χ4n) is 5.10. The van der Waals surface area contributed by atoms with Gasteiger partial charge in [0.2, 0.25) is 0 Å². The monoisotopic (exact) mass is 518 g/mol. The lowest BCUT2D eigenvalue weighted by Gasteiger charge is -2.29. The number of aldehydes is 1. The van der Waals surface area contributed by atoms with Crippen molar-refractivity contribution in [1.82, 2.24) is 19.4 Å². The van der Waals surface area contributed by atoms with Gasteiger partial charge in [0, 0.05) is 17.6 Å². The number of phenolic OH excluding ortho intramolecular Hbond substituents is 1. The van der Waals surface area contributed by atoms with E-state index in [1.165, 1.54) is 22.8 Å². The zero-order chi connectivity index (χ0) is 27.0. The smallest absolute Gasteiger partial charge is 0.404 e. The third-order valence-electron chi connectivity index (χ3n) is 6.86. The van der Waals surface area contributed by atoms with Crippen molar-refractivity contribution in [2.75, 3.05) is 0 Å². The first-order chi connectivity index (χ1) is 18.3. The molecule has 0 bridgehead atoms. The lowest BCUT2D eigenvalue weighted by Crippen LogP contribution is -2.45. The van der Waals surface area contributed by atoms with Gasteiger partial charge in [-0.05, 0) is 73.2 Å². The van der Waals surface area contributed by atoms with Crippen molar-refractivity contribution in [3.8, 4) is 22.6 Å². The minimum atomic E-state index is -1.13. The van der Waals surface area contributed by atoms with Gasteiger partial charge < -0.3 is 15.5 Å². The summed E-state index contributed by atoms with van der Waals surface area (Å²) in [6, 6.07) is 11.2. The van der Waals surface area contributed by atoms with E-state index in [9.17, 15) is 28.7 Å². The second-order valence-electron chi connectivity index (χ2n) is 9.21. The normalized spacial score (nSPS) is 17.3. The molecule has 11 heteroatoms. The van der Waals surface area contributed by atoms with Crippen LogP contribution in [-0.2, 0) is 0 Å². The van der Waals surface area contributed by atoms with Gasteiger partial charge in [-0.15, -0.1) is 0 Å². The molecule has 1 amide bonds. The molecule has 0 saturated heterocycles. The number of carbonyl (C=O) groups excluding carboxylic acids is 1. The maximum absolute atomic E-state index is 14.2. The largest absolute Gasteiger partial charge is 0.508 e. The molecule has 4 aromatic rings. The fourth-order valence-corrected chi connectivity index (χ4v) is 5.10. The molecule has 0 atom stereocenters. The van der Waals surface area contributed by atoms with Gasteiger partial charge in [0.1, 0.15) is 11.6 Å². The average Bonchev–Trinajstić information content (AvgIpc) is 2.90. The highest BCUT2D eigenvalue weighted by atomic mass is 19.1. The SMILES string of the molecule is O=Cc1ccc(O)cc1-c1cccc(-n2c(=O)n([C@H]3CC[C@@H](NC(=O)O)CC3)c(=O)c3cc(F)cnc32)c1. The van der Waals surface area contributed by atoms with Gasteiger partial charge in [0.05, 0.1) is 17.3 Å². The molecule has 1 aliphatic carbocycles. The maximum Gasteiger partial charge on any atom is 0.404 e. The molecule has 5 rings (SSSR count). The predicted octanol–water partition coefficient (Wildman–Crippen LogP) is 3.62. The van der Waals surface area contributed by atoms with Crippen LogP contribution in [-0.4, -0.2) is 42.8 Å². The van der Waals surface area contributed by atoms with Crippen molar-refractivity contribution in [1.29, 1.82) is 0 Å². The lowest BCUT2D eigenvalue weighted by molar-refractivity contribution is 0.112. The van der Waals surface area contributed by atoms with Crippen molar-refractivity contribution >= 4 is 23.4 Å². The number of halogens is 1. The molecular formula is C27H23FN4O6. The highest BCUT2D eigenvalue weighted by Gasteiger charge is 2.28. The number of aromatic nitrogens is 3. The maximum atomic E-state index is 14.2. The van der Waals surface area contributed by atoms with Crippen molar-refractivity contribution in [3.05, 3.63) is 86.9 Å². The minimum Gasteiger partial charge on any atom is -0.508 e. The van der Waals surface area contributed by atoms with Crippen LogP contribution in [0, 0.1) is 5.82 Å². The van der Waals surface area contributed by atoms with Gasteiger partial charge in [-0.1, -0.05) is 12.1 Å². The van der Waals surface area contributed by atoms with Crippen LogP contribution in [0.4, 0.5) is 9.18 Å². The van der Waals surface area contributed by atoms with E-state index in [-0.39, 0.29) is 22.8 Å². The molecule has 2 aromatic carbocycles. The van der Waals surface area contributed by atoms with Gasteiger partial charge in [-0.3, -0.25) is 14.2 Å². The first-order valence-electron chi connectivity index (χ1n) is 12.0. The Balaban J connectivity index is 1.68. The Bertz CT molecular complexity index is 1690. The number of hydrogen-bond donors (Lipinski definition) is 3. The second kappa shape index (κ2) is 9.92. The Morgan fingerprint density at radius 3 is 2.55 bits per heavy atom. The number of nitrogens with zero attached hydrogens (tertiary/aromatic N) is 3. The quantitative estimate of drug-likeness (QED) is 0.342. The summed E-state index contributed by atoms with van der Waals surface area (Å²) in [4.78, 5) is 54.0. The third kappa shape index (κ3) is 4.54. The Morgan fingerprint density at radius 1 is 1.08 bits per heavy atom. The van der Waals surface area contributed by atoms with Crippen LogP contribution in [0.2, 0.25) is 0 Å². The molecule has 2 heterocycles. The Kier molecular flexibility index (Phi) is 6.50. The number of nitrogens with one attached hydrogen (secondary N) is 1. The number of phenols is 1. The van der Waals surface area contributed by atoms with Crippen LogP contribution in [0.5, 0.6) is 5.75 Å². The highest BCUT2D eigenvalue weighted by molar-refractivity contribution is 5.88. The zero-order valence-electron chi connectivity index (χ0n) is 20.0. The minimum absolute atomic E-state index is 0.0254. The summed E-state index contributed by atoms with van der Waals surface area (Å²) in [6.07, 6.45) is 2.07. The van der Waals surface area contributed by atoms with Crippen molar-refractivity contribution in [3.63, 3.8) is 0 Å². The van der Waals surface area contributed by atoms with Gasteiger partial charge >= 0.3 is 11.8 Å². The Labute approximate surface area is 214 Å². The lowest BCUT2D eigenvalue weighted by atomic mass is 9.91. The molecule has 38 heavy (non-hydrogen) atoms. The van der Waals surface area contributed by atoms with E-state index >= 15 is 0 Å². The van der Waals surface area contributed by atoms with Gasteiger partial charge in [0.25, 0.3) is 5.56 Å². The number of carbonyl (C=O) groups is 2. The van der Waals surface area contributed by atoms with E-state index in [1.54, 1.807) is 24.3 Å². The number of aromatic hydroxyl groups is 1. The van der Waals surface area contributed by atoms with Crippen LogP contribution in [0.25, 0.3) is 27.8 Å². The molecule has 0 spiro atoms. The molecule has 2 aromatic heterocycles. The topological polar surface area (TPSA) is 144 Å². The summed E-state index contributed by atoms with van der Waals surface area (Å²) in [5, 5.41) is 21.3. The molecule has 10 nitrogen and oxygen atoms in total. The number of fused-ring (bicyclic) bond motifs is 1. The Morgan fingerprint density at radius 2 is 1.84 bits per heavy atom. The first-order valence-corrected chi connectivity index (χ1v) is 12.0. The number of benzene rings is 2. The summed E-state index contributed by atoms with van der Waals surface area (Å²) in [7, 11) is 0. The van der Waals surface area contributed by atoms with Crippen molar-refractivity contribution in [2.45, 2.75) is 37.8 Å². The summed E-state index contributed by atoms with van der Waals surface area (Å²) >= 11 is 0. The zero-order valence-corrected chi connectivity index (χ0v) is 20.0. The predicted molar refractivity (Wildman–Crippen MR) is 136 cm³/mol. The van der Waals surface area contributed by atoms with E-state index in [0.29, 0.717) is 54.3 Å². The Hall–Kier alpha value is -4.80. The van der Waals surface area contributed by atoms with Crippen molar-refractivity contribution < 1.29 is 24.2 Å². The summed E-state index contributed by atoms with van der Waals surface area (Å²) in [5.41, 5.74) is 0.259. The molecule has 3 N–H and O–H groups in total. The number of rotatable bonds is 5. The highest BCUT2D eigenvalue weighted by Crippen LogP contribution is 2.30. The second-order valence-corrected chi connectivity index (χ2v) is 9.21. The van der Waals surface area contributed by atoms with Crippen LogP contribution >= 0.6 is 0 Å². The van der Waals surface area contributed by atoms with E-state index in [2.05, 4.69) is 10.3 Å². The van der Waals surface area contributed by atoms with Gasteiger partial charge in [-0.2, -0.15) is 0 Å². The summed E-state index contributed by atoms with van der Waals surface area (Å²) in [5.74, 6) is -0.776.